The Hall–Kier alpha value is -0.940. The Bertz CT molecular complexity index is 412. The molecule has 2 rings (SSSR count). The van der Waals surface area contributed by atoms with Crippen molar-refractivity contribution in [2.24, 2.45) is 0 Å². The van der Waals surface area contributed by atoms with Crippen LogP contribution in [-0.2, 0) is 0 Å². The molecule has 2 heteroatoms. The summed E-state index contributed by atoms with van der Waals surface area (Å²) in [6.45, 7) is 6.92. The molecule has 16 heavy (non-hydrogen) atoms. The number of pyridine rings is 1. The van der Waals surface area contributed by atoms with Gasteiger partial charge in [0.05, 0.1) is 5.44 Å². The average molecular weight is 231 g/mol. The summed E-state index contributed by atoms with van der Waals surface area (Å²) in [7, 11) is -0.335. The first-order valence-electron chi connectivity index (χ1n) is 5.67. The van der Waals surface area contributed by atoms with Crippen LogP contribution in [0, 0.1) is 0 Å². The van der Waals surface area contributed by atoms with Gasteiger partial charge in [-0.3, -0.25) is 4.98 Å². The molecule has 1 atom stereocenters. The number of hydrogen-bond donors (Lipinski definition) is 0. The summed E-state index contributed by atoms with van der Waals surface area (Å²) >= 11 is 0. The van der Waals surface area contributed by atoms with Gasteiger partial charge in [0.15, 0.2) is 0 Å². The van der Waals surface area contributed by atoms with Crippen molar-refractivity contribution in [3.8, 4) is 0 Å². The van der Waals surface area contributed by atoms with E-state index in [9.17, 15) is 0 Å². The van der Waals surface area contributed by atoms with Crippen LogP contribution in [0.25, 0.3) is 0 Å². The molecule has 0 radical (unpaired) electrons. The van der Waals surface area contributed by atoms with Crippen molar-refractivity contribution in [1.29, 1.82) is 0 Å². The van der Waals surface area contributed by atoms with Crippen molar-refractivity contribution in [2.45, 2.75) is 32.3 Å². The van der Waals surface area contributed by atoms with E-state index in [2.05, 4.69) is 56.1 Å². The van der Waals surface area contributed by atoms with Gasteiger partial charge in [0.2, 0.25) is 0 Å². The van der Waals surface area contributed by atoms with E-state index in [4.69, 9.17) is 0 Å². The van der Waals surface area contributed by atoms with E-state index < -0.39 is 0 Å². The van der Waals surface area contributed by atoms with Gasteiger partial charge in [0.25, 0.3) is 0 Å². The zero-order valence-electron chi connectivity index (χ0n) is 10.1. The minimum atomic E-state index is -0.335. The molecule has 0 amide bonds. The van der Waals surface area contributed by atoms with Gasteiger partial charge in [-0.05, 0) is 36.9 Å². The highest BCUT2D eigenvalue weighted by molar-refractivity contribution is 7.71. The standard InChI is InChI=1S/C14H18NP/c1-14(2,3)16(12-8-4-5-9-12)13-10-6-7-11-15-13/h4,6-11H,5H2,1-3H3. The first-order valence-corrected chi connectivity index (χ1v) is 7.01. The fourth-order valence-corrected chi connectivity index (χ4v) is 4.65. The van der Waals surface area contributed by atoms with Crippen LogP contribution < -0.4 is 5.44 Å². The van der Waals surface area contributed by atoms with Gasteiger partial charge in [-0.15, -0.1) is 0 Å². The Morgan fingerprint density at radius 3 is 2.56 bits per heavy atom. The van der Waals surface area contributed by atoms with Gasteiger partial charge in [0, 0.05) is 6.20 Å². The molecule has 1 unspecified atom stereocenters. The van der Waals surface area contributed by atoms with E-state index in [1.54, 1.807) is 0 Å². The van der Waals surface area contributed by atoms with E-state index in [0.717, 1.165) is 6.42 Å². The number of nitrogens with zero attached hydrogens (tertiary/aromatic N) is 1. The van der Waals surface area contributed by atoms with Gasteiger partial charge in [-0.25, -0.2) is 0 Å². The molecule has 0 saturated heterocycles. The summed E-state index contributed by atoms with van der Waals surface area (Å²) in [6.07, 6.45) is 9.82. The van der Waals surface area contributed by atoms with E-state index in [-0.39, 0.29) is 13.1 Å². The predicted molar refractivity (Wildman–Crippen MR) is 72.4 cm³/mol. The largest absolute Gasteiger partial charge is 0.256 e. The molecule has 0 N–H and O–H groups in total. The first kappa shape index (κ1) is 11.5. The Morgan fingerprint density at radius 1 is 1.25 bits per heavy atom. The molecule has 1 aromatic rings. The average Bonchev–Trinajstić information content (AvgIpc) is 2.71. The van der Waals surface area contributed by atoms with E-state index in [1.807, 2.05) is 12.3 Å². The van der Waals surface area contributed by atoms with Crippen LogP contribution in [-0.4, -0.2) is 10.1 Å². The lowest BCUT2D eigenvalue weighted by Crippen LogP contribution is -2.21. The fraction of sp³-hybridized carbons (Fsp3) is 0.357. The SMILES string of the molecule is CC(C)(C)P(C1=CCC=C1)c1ccccn1. The van der Waals surface area contributed by atoms with Crippen molar-refractivity contribution < 1.29 is 0 Å². The van der Waals surface area contributed by atoms with Crippen LogP contribution in [0.1, 0.15) is 27.2 Å². The van der Waals surface area contributed by atoms with Gasteiger partial charge >= 0.3 is 0 Å². The Kier molecular flexibility index (Phi) is 3.25. The molecule has 0 saturated carbocycles. The molecule has 1 aliphatic rings. The molecule has 0 spiro atoms. The highest BCUT2D eigenvalue weighted by atomic mass is 31.1. The quantitative estimate of drug-likeness (QED) is 0.705. The third-order valence-corrected chi connectivity index (χ3v) is 5.47. The van der Waals surface area contributed by atoms with Gasteiger partial charge in [-0.2, -0.15) is 0 Å². The van der Waals surface area contributed by atoms with Crippen LogP contribution in [0.5, 0.6) is 0 Å². The maximum Gasteiger partial charge on any atom is 0.0680 e. The summed E-state index contributed by atoms with van der Waals surface area (Å²) in [6, 6.07) is 6.23. The van der Waals surface area contributed by atoms with Crippen molar-refractivity contribution in [3.05, 3.63) is 47.9 Å². The van der Waals surface area contributed by atoms with Crippen molar-refractivity contribution in [3.63, 3.8) is 0 Å². The van der Waals surface area contributed by atoms with Crippen LogP contribution >= 0.6 is 7.92 Å². The maximum atomic E-state index is 4.54. The highest BCUT2D eigenvalue weighted by Gasteiger charge is 2.29. The zero-order valence-corrected chi connectivity index (χ0v) is 11.0. The van der Waals surface area contributed by atoms with Crippen molar-refractivity contribution >= 4 is 13.4 Å². The van der Waals surface area contributed by atoms with E-state index in [0.29, 0.717) is 0 Å². The second-order valence-electron chi connectivity index (χ2n) is 4.96. The van der Waals surface area contributed by atoms with E-state index >= 15 is 0 Å². The number of hydrogen-bond acceptors (Lipinski definition) is 1. The monoisotopic (exact) mass is 231 g/mol. The van der Waals surface area contributed by atoms with Crippen molar-refractivity contribution in [2.75, 3.05) is 0 Å². The Balaban J connectivity index is 2.40. The summed E-state index contributed by atoms with van der Waals surface area (Å²) in [5.41, 5.74) is 1.24. The molecule has 1 aliphatic carbocycles. The fourth-order valence-electron chi connectivity index (χ4n) is 1.96. The molecule has 0 aliphatic heterocycles. The van der Waals surface area contributed by atoms with Crippen molar-refractivity contribution in [1.82, 2.24) is 4.98 Å². The summed E-state index contributed by atoms with van der Waals surface area (Å²) in [5, 5.41) is 1.74. The minimum Gasteiger partial charge on any atom is -0.256 e. The summed E-state index contributed by atoms with van der Waals surface area (Å²) < 4.78 is 0. The lowest BCUT2D eigenvalue weighted by molar-refractivity contribution is 0.791. The Labute approximate surface area is 99.1 Å². The highest BCUT2D eigenvalue weighted by Crippen LogP contribution is 2.55. The maximum absolute atomic E-state index is 4.54. The van der Waals surface area contributed by atoms with E-state index in [1.165, 1.54) is 10.7 Å². The molecule has 1 heterocycles. The second-order valence-corrected chi connectivity index (χ2v) is 7.95. The minimum absolute atomic E-state index is 0.268. The van der Waals surface area contributed by atoms with Crippen LogP contribution in [0.4, 0.5) is 0 Å². The number of aromatic nitrogens is 1. The lowest BCUT2D eigenvalue weighted by atomic mass is 10.3. The zero-order chi connectivity index (χ0) is 11.6. The van der Waals surface area contributed by atoms with Gasteiger partial charge in [-0.1, -0.05) is 45.1 Å². The third-order valence-electron chi connectivity index (χ3n) is 2.56. The third kappa shape index (κ3) is 2.41. The van der Waals surface area contributed by atoms with Crippen LogP contribution in [0.15, 0.2) is 47.9 Å². The molecule has 1 aromatic heterocycles. The lowest BCUT2D eigenvalue weighted by Gasteiger charge is -2.31. The normalized spacial score (nSPS) is 17.3. The molecule has 0 aromatic carbocycles. The molecule has 0 fully saturated rings. The molecule has 1 nitrogen and oxygen atoms in total. The second kappa shape index (κ2) is 4.51. The summed E-state index contributed by atoms with van der Waals surface area (Å²) in [5.74, 6) is 0. The molecule has 0 bridgehead atoms. The molecular weight excluding hydrogens is 213 g/mol. The number of rotatable bonds is 2. The molecular formula is C14H18NP. The Morgan fingerprint density at radius 2 is 2.06 bits per heavy atom. The smallest absolute Gasteiger partial charge is 0.0680 e. The van der Waals surface area contributed by atoms with Crippen LogP contribution in [0.2, 0.25) is 0 Å². The van der Waals surface area contributed by atoms with Gasteiger partial charge in [0.1, 0.15) is 0 Å². The number of allylic oxidation sites excluding steroid dienone is 4. The predicted octanol–water partition coefficient (Wildman–Crippen LogP) is 3.83. The van der Waals surface area contributed by atoms with Gasteiger partial charge < -0.3 is 0 Å². The first-order chi connectivity index (χ1) is 7.59. The van der Waals surface area contributed by atoms with Crippen LogP contribution in [0.3, 0.4) is 0 Å². The molecule has 84 valence electrons. The topological polar surface area (TPSA) is 12.9 Å². The summed E-state index contributed by atoms with van der Waals surface area (Å²) in [4.78, 5) is 4.54.